The van der Waals surface area contributed by atoms with E-state index in [4.69, 9.17) is 28.2 Å². The summed E-state index contributed by atoms with van der Waals surface area (Å²) in [6.07, 6.45) is 9.30. The van der Waals surface area contributed by atoms with E-state index in [1.807, 2.05) is 30.2 Å². The van der Waals surface area contributed by atoms with Crippen LogP contribution in [0.2, 0.25) is 10.0 Å². The zero-order valence-corrected chi connectivity index (χ0v) is 22.4. The highest BCUT2D eigenvalue weighted by Gasteiger charge is 2.28. The van der Waals surface area contributed by atoms with E-state index in [-0.39, 0.29) is 11.8 Å². The third-order valence-corrected chi connectivity index (χ3v) is 6.98. The zero-order chi connectivity index (χ0) is 24.8. The molecule has 1 atom stereocenters. The van der Waals surface area contributed by atoms with Gasteiger partial charge in [-0.15, -0.1) is 0 Å². The second kappa shape index (κ2) is 12.0. The van der Waals surface area contributed by atoms with E-state index in [1.54, 1.807) is 30.6 Å². The van der Waals surface area contributed by atoms with Gasteiger partial charge >= 0.3 is 0 Å². The number of rotatable bonds is 7. The van der Waals surface area contributed by atoms with Crippen LogP contribution in [0, 0.1) is 5.92 Å². The maximum atomic E-state index is 13.2. The average molecular weight is 575 g/mol. The highest BCUT2D eigenvalue weighted by atomic mass is 79.9. The van der Waals surface area contributed by atoms with Gasteiger partial charge < -0.3 is 10.2 Å². The standard InChI is InChI=1S/C26H26BrCl2N5O/c1-17(32-13-18-4-2-6-30-12-18)8-24(33-25-15-31-14-23(25)27)19-5-3-7-34(16-19)26(35)20-9-21(28)11-22(29)10-20/h2,4,6,8-12,14,19,32H,3,5,7,13,15-16H2,1H3/b17-8+,33-24+. The Kier molecular flexibility index (Phi) is 8.76. The molecule has 4 rings (SSSR count). The Morgan fingerprint density at radius 2 is 2.11 bits per heavy atom. The Morgan fingerprint density at radius 1 is 1.31 bits per heavy atom. The number of nitrogens with zero attached hydrogens (tertiary/aromatic N) is 4. The number of likely N-dealkylation sites (tertiary alicyclic amines) is 1. The molecule has 1 aromatic heterocycles. The van der Waals surface area contributed by atoms with Crippen molar-refractivity contribution in [3.05, 3.63) is 85.9 Å². The highest BCUT2D eigenvalue weighted by molar-refractivity contribution is 9.12. The quantitative estimate of drug-likeness (QED) is 0.408. The van der Waals surface area contributed by atoms with Crippen molar-refractivity contribution in [3.8, 4) is 0 Å². The van der Waals surface area contributed by atoms with Gasteiger partial charge in [0.15, 0.2) is 0 Å². The number of nitrogens with one attached hydrogen (secondary N) is 1. The molecule has 0 aliphatic carbocycles. The molecule has 2 aliphatic rings. The van der Waals surface area contributed by atoms with Crippen LogP contribution in [-0.4, -0.2) is 47.4 Å². The summed E-state index contributed by atoms with van der Waals surface area (Å²) in [4.78, 5) is 28.6. The number of hydrogen-bond donors (Lipinski definition) is 1. The lowest BCUT2D eigenvalue weighted by molar-refractivity contribution is 0.0703. The first-order valence-corrected chi connectivity index (χ1v) is 13.0. The van der Waals surface area contributed by atoms with Crippen LogP contribution in [0.5, 0.6) is 0 Å². The molecule has 2 aliphatic heterocycles. The third-order valence-electron chi connectivity index (χ3n) is 5.88. The van der Waals surface area contributed by atoms with Crippen LogP contribution in [0.25, 0.3) is 0 Å². The molecular weight excluding hydrogens is 549 g/mol. The zero-order valence-electron chi connectivity index (χ0n) is 19.3. The lowest BCUT2D eigenvalue weighted by atomic mass is 9.91. The van der Waals surface area contributed by atoms with Crippen molar-refractivity contribution < 1.29 is 4.79 Å². The number of pyridine rings is 1. The number of allylic oxidation sites excluding steroid dienone is 3. The molecule has 0 saturated carbocycles. The summed E-state index contributed by atoms with van der Waals surface area (Å²) in [7, 11) is 0. The minimum Gasteiger partial charge on any atom is -0.384 e. The van der Waals surface area contributed by atoms with Crippen molar-refractivity contribution in [1.82, 2.24) is 15.2 Å². The Bertz CT molecular complexity index is 1190. The normalized spacial score (nSPS) is 18.9. The Labute approximate surface area is 224 Å². The van der Waals surface area contributed by atoms with E-state index < -0.39 is 0 Å². The van der Waals surface area contributed by atoms with Gasteiger partial charge in [-0.3, -0.25) is 19.8 Å². The third kappa shape index (κ3) is 7.03. The predicted octanol–water partition coefficient (Wildman–Crippen LogP) is 6.07. The van der Waals surface area contributed by atoms with Gasteiger partial charge in [0.1, 0.15) is 0 Å². The lowest BCUT2D eigenvalue weighted by Gasteiger charge is -2.33. The molecule has 35 heavy (non-hydrogen) atoms. The van der Waals surface area contributed by atoms with Gasteiger partial charge in [0.05, 0.1) is 16.7 Å². The number of aromatic nitrogens is 1. The van der Waals surface area contributed by atoms with Crippen molar-refractivity contribution >= 4 is 57.0 Å². The maximum Gasteiger partial charge on any atom is 0.253 e. The summed E-state index contributed by atoms with van der Waals surface area (Å²) in [5, 5.41) is 4.35. The fourth-order valence-corrected chi connectivity index (χ4v) is 5.01. The Morgan fingerprint density at radius 3 is 2.80 bits per heavy atom. The van der Waals surface area contributed by atoms with E-state index in [9.17, 15) is 4.79 Å². The summed E-state index contributed by atoms with van der Waals surface area (Å²) in [6, 6.07) is 8.92. The Hall–Kier alpha value is -2.48. The van der Waals surface area contributed by atoms with Gasteiger partial charge in [-0.2, -0.15) is 0 Å². The predicted molar refractivity (Wildman–Crippen MR) is 147 cm³/mol. The van der Waals surface area contributed by atoms with Crippen LogP contribution >= 0.6 is 39.1 Å². The molecule has 1 N–H and O–H groups in total. The molecule has 0 spiro atoms. The summed E-state index contributed by atoms with van der Waals surface area (Å²) >= 11 is 15.8. The van der Waals surface area contributed by atoms with Crippen molar-refractivity contribution in [1.29, 1.82) is 0 Å². The molecule has 2 aromatic rings. The molecule has 0 bridgehead atoms. The largest absolute Gasteiger partial charge is 0.384 e. The molecule has 9 heteroatoms. The average Bonchev–Trinajstić information content (AvgIpc) is 3.26. The number of benzene rings is 1. The molecule has 3 heterocycles. The van der Waals surface area contributed by atoms with Crippen LogP contribution in [-0.2, 0) is 6.54 Å². The van der Waals surface area contributed by atoms with Gasteiger partial charge in [-0.05, 0) is 71.6 Å². The number of aliphatic imine (C=N–C) groups is 2. The Balaban J connectivity index is 1.55. The number of carbonyl (C=O) groups is 1. The molecule has 1 aromatic carbocycles. The smallest absolute Gasteiger partial charge is 0.253 e. The molecule has 182 valence electrons. The SMILES string of the molecule is C/C(=C\C(=N/C1=C(Br)C=NC1)C1CCCN(C(=O)c2cc(Cl)cc(Cl)c2)C1)NCc1cccnc1. The summed E-state index contributed by atoms with van der Waals surface area (Å²) < 4.78 is 0.890. The lowest BCUT2D eigenvalue weighted by Crippen LogP contribution is -2.42. The van der Waals surface area contributed by atoms with Crippen molar-refractivity contribution in [2.24, 2.45) is 15.9 Å². The van der Waals surface area contributed by atoms with Crippen LogP contribution in [0.4, 0.5) is 0 Å². The van der Waals surface area contributed by atoms with E-state index >= 15 is 0 Å². The molecule has 1 fully saturated rings. The van der Waals surface area contributed by atoms with Crippen LogP contribution in [0.1, 0.15) is 35.7 Å². The highest BCUT2D eigenvalue weighted by Crippen LogP contribution is 2.26. The van der Waals surface area contributed by atoms with Gasteiger partial charge in [0, 0.05) is 71.2 Å². The van der Waals surface area contributed by atoms with Gasteiger partial charge in [-0.25, -0.2) is 0 Å². The number of carbonyl (C=O) groups excluding carboxylic acids is 1. The van der Waals surface area contributed by atoms with Crippen LogP contribution in [0.3, 0.4) is 0 Å². The van der Waals surface area contributed by atoms with E-state index in [0.717, 1.165) is 40.0 Å². The molecule has 1 unspecified atom stereocenters. The minimum absolute atomic E-state index is 0.0709. The number of amides is 1. The van der Waals surface area contributed by atoms with Crippen molar-refractivity contribution in [3.63, 3.8) is 0 Å². The van der Waals surface area contributed by atoms with Crippen LogP contribution < -0.4 is 5.32 Å². The fourth-order valence-electron chi connectivity index (χ4n) is 4.13. The molecule has 1 saturated heterocycles. The van der Waals surface area contributed by atoms with E-state index in [0.29, 0.717) is 41.8 Å². The molecule has 6 nitrogen and oxygen atoms in total. The number of halogens is 3. The number of piperidine rings is 1. The maximum absolute atomic E-state index is 13.2. The van der Waals surface area contributed by atoms with Gasteiger partial charge in [-0.1, -0.05) is 29.3 Å². The second-order valence-electron chi connectivity index (χ2n) is 8.59. The van der Waals surface area contributed by atoms with E-state index in [2.05, 4.69) is 37.3 Å². The fraction of sp³-hybridized carbons (Fsp3) is 0.308. The van der Waals surface area contributed by atoms with E-state index in [1.165, 1.54) is 0 Å². The molecule has 0 radical (unpaired) electrons. The van der Waals surface area contributed by atoms with Gasteiger partial charge in [0.25, 0.3) is 5.91 Å². The monoisotopic (exact) mass is 573 g/mol. The van der Waals surface area contributed by atoms with Crippen molar-refractivity contribution in [2.75, 3.05) is 19.6 Å². The first-order valence-electron chi connectivity index (χ1n) is 11.4. The summed E-state index contributed by atoms with van der Waals surface area (Å²) in [5.41, 5.74) is 4.42. The summed E-state index contributed by atoms with van der Waals surface area (Å²) in [6.45, 7) is 4.49. The van der Waals surface area contributed by atoms with Crippen LogP contribution in [0.15, 0.2) is 74.7 Å². The molecular formula is C26H26BrCl2N5O. The first kappa shape index (κ1) is 25.6. The van der Waals surface area contributed by atoms with Gasteiger partial charge in [0.2, 0.25) is 0 Å². The first-order chi connectivity index (χ1) is 16.9. The molecule has 1 amide bonds. The number of hydrogen-bond acceptors (Lipinski definition) is 5. The van der Waals surface area contributed by atoms with Crippen molar-refractivity contribution in [2.45, 2.75) is 26.3 Å². The summed E-state index contributed by atoms with van der Waals surface area (Å²) in [5.74, 6) is 0.0179. The topological polar surface area (TPSA) is 70.0 Å². The second-order valence-corrected chi connectivity index (χ2v) is 10.3. The minimum atomic E-state index is -0.0709.